The van der Waals surface area contributed by atoms with E-state index in [1.54, 1.807) is 12.1 Å². The Morgan fingerprint density at radius 2 is 1.71 bits per heavy atom. The summed E-state index contributed by atoms with van der Waals surface area (Å²) in [6, 6.07) is 5.91. The van der Waals surface area contributed by atoms with Crippen LogP contribution in [-0.2, 0) is 0 Å². The fourth-order valence-electron chi connectivity index (χ4n) is 1.98. The zero-order valence-electron chi connectivity index (χ0n) is 12.4. The molecule has 0 aliphatic carbocycles. The first-order valence-electron chi connectivity index (χ1n) is 6.99. The van der Waals surface area contributed by atoms with E-state index in [0.717, 1.165) is 5.56 Å². The van der Waals surface area contributed by atoms with Crippen LogP contribution in [0.15, 0.2) is 41.1 Å². The van der Waals surface area contributed by atoms with Crippen LogP contribution in [0.1, 0.15) is 30.8 Å². The number of hydrogen-bond acceptors (Lipinski definition) is 6. The second kappa shape index (κ2) is 6.65. The Hall–Kier alpha value is -2.97. The van der Waals surface area contributed by atoms with Crippen molar-refractivity contribution in [3.63, 3.8) is 0 Å². The minimum atomic E-state index is -2.83. The van der Waals surface area contributed by atoms with E-state index in [9.17, 15) is 13.2 Å². The van der Waals surface area contributed by atoms with Crippen molar-refractivity contribution in [3.05, 3.63) is 53.9 Å². The number of benzene rings is 1. The van der Waals surface area contributed by atoms with Crippen molar-refractivity contribution < 1.29 is 17.6 Å². The molecule has 124 valence electrons. The first-order chi connectivity index (χ1) is 11.5. The lowest BCUT2D eigenvalue weighted by molar-refractivity contribution is 0.116. The highest BCUT2D eigenvalue weighted by Crippen LogP contribution is 2.23. The summed E-state index contributed by atoms with van der Waals surface area (Å²) in [6.07, 6.45) is -0.0602. The molecule has 24 heavy (non-hydrogen) atoms. The van der Waals surface area contributed by atoms with Crippen LogP contribution in [0.2, 0.25) is 0 Å². The standard InChI is InChI=1S/C15H12F3N5O/c1-8(9-2-4-11(16)5-3-9)21-15-19-6-10(7-20-15)13-22-23-14(24-13)12(17)18/h2-8,12H,1H3,(H,19,20,21)/t8-/m1/s1. The van der Waals surface area contributed by atoms with Gasteiger partial charge in [0, 0.05) is 12.4 Å². The highest BCUT2D eigenvalue weighted by molar-refractivity contribution is 5.50. The molecule has 1 atom stereocenters. The van der Waals surface area contributed by atoms with Gasteiger partial charge in [-0.05, 0) is 24.6 Å². The van der Waals surface area contributed by atoms with Crippen LogP contribution in [0.5, 0.6) is 0 Å². The van der Waals surface area contributed by atoms with Crippen LogP contribution in [0, 0.1) is 5.82 Å². The monoisotopic (exact) mass is 335 g/mol. The summed E-state index contributed by atoms with van der Waals surface area (Å²) in [7, 11) is 0. The Labute approximate surface area is 134 Å². The lowest BCUT2D eigenvalue weighted by Crippen LogP contribution is -2.09. The molecule has 3 aromatic rings. The van der Waals surface area contributed by atoms with E-state index in [1.807, 2.05) is 6.92 Å². The number of alkyl halides is 2. The molecule has 0 unspecified atom stereocenters. The molecule has 0 aliphatic heterocycles. The molecule has 0 amide bonds. The summed E-state index contributed by atoms with van der Waals surface area (Å²) in [4.78, 5) is 8.16. The molecule has 1 N–H and O–H groups in total. The Bertz CT molecular complexity index is 805. The molecule has 2 aromatic heterocycles. The van der Waals surface area contributed by atoms with E-state index in [2.05, 4.69) is 25.5 Å². The van der Waals surface area contributed by atoms with E-state index in [1.165, 1.54) is 24.5 Å². The molecule has 0 saturated heterocycles. The molecule has 0 radical (unpaired) electrons. The van der Waals surface area contributed by atoms with E-state index < -0.39 is 12.3 Å². The lowest BCUT2D eigenvalue weighted by Gasteiger charge is -2.14. The van der Waals surface area contributed by atoms with Crippen LogP contribution < -0.4 is 5.32 Å². The quantitative estimate of drug-likeness (QED) is 0.765. The van der Waals surface area contributed by atoms with Crippen LogP contribution in [0.4, 0.5) is 19.1 Å². The summed E-state index contributed by atoms with van der Waals surface area (Å²) in [5, 5.41) is 9.81. The zero-order chi connectivity index (χ0) is 17.1. The van der Waals surface area contributed by atoms with Gasteiger partial charge in [0.2, 0.25) is 5.95 Å². The fourth-order valence-corrected chi connectivity index (χ4v) is 1.98. The van der Waals surface area contributed by atoms with Crippen molar-refractivity contribution in [2.45, 2.75) is 19.4 Å². The Kier molecular flexibility index (Phi) is 4.41. The van der Waals surface area contributed by atoms with E-state index in [0.29, 0.717) is 11.5 Å². The van der Waals surface area contributed by atoms with Gasteiger partial charge in [0.05, 0.1) is 11.6 Å². The Balaban J connectivity index is 1.70. The minimum Gasteiger partial charge on any atom is -0.415 e. The topological polar surface area (TPSA) is 76.7 Å². The number of nitrogens with one attached hydrogen (secondary N) is 1. The molecule has 2 heterocycles. The largest absolute Gasteiger partial charge is 0.415 e. The molecule has 3 rings (SSSR count). The number of aromatic nitrogens is 4. The highest BCUT2D eigenvalue weighted by atomic mass is 19.3. The van der Waals surface area contributed by atoms with Crippen LogP contribution >= 0.6 is 0 Å². The third kappa shape index (κ3) is 3.50. The van der Waals surface area contributed by atoms with Gasteiger partial charge in [-0.2, -0.15) is 8.78 Å². The molecular formula is C15H12F3N5O. The molecule has 0 fully saturated rings. The Morgan fingerprint density at radius 1 is 1.04 bits per heavy atom. The normalized spacial score (nSPS) is 12.4. The summed E-state index contributed by atoms with van der Waals surface area (Å²) < 4.78 is 42.6. The van der Waals surface area contributed by atoms with Crippen LogP contribution in [0.25, 0.3) is 11.5 Å². The number of anilines is 1. The van der Waals surface area contributed by atoms with Gasteiger partial charge in [-0.3, -0.25) is 0 Å². The number of hydrogen-bond donors (Lipinski definition) is 1. The van der Waals surface area contributed by atoms with Crippen molar-refractivity contribution in [3.8, 4) is 11.5 Å². The maximum Gasteiger partial charge on any atom is 0.314 e. The predicted molar refractivity (Wildman–Crippen MR) is 78.7 cm³/mol. The first kappa shape index (κ1) is 15.9. The fraction of sp³-hybridized carbons (Fsp3) is 0.200. The average Bonchev–Trinajstić information content (AvgIpc) is 3.06. The van der Waals surface area contributed by atoms with Gasteiger partial charge in [-0.25, -0.2) is 14.4 Å². The average molecular weight is 335 g/mol. The summed E-state index contributed by atoms with van der Waals surface area (Å²) >= 11 is 0. The van der Waals surface area contributed by atoms with Gasteiger partial charge in [0.25, 0.3) is 11.8 Å². The molecule has 1 aromatic carbocycles. The molecule has 0 bridgehead atoms. The highest BCUT2D eigenvalue weighted by Gasteiger charge is 2.17. The van der Waals surface area contributed by atoms with Gasteiger partial charge >= 0.3 is 6.43 Å². The van der Waals surface area contributed by atoms with Crippen molar-refractivity contribution >= 4 is 5.95 Å². The molecule has 0 spiro atoms. The van der Waals surface area contributed by atoms with E-state index in [-0.39, 0.29) is 17.7 Å². The smallest absolute Gasteiger partial charge is 0.314 e. The Morgan fingerprint density at radius 3 is 2.29 bits per heavy atom. The maximum absolute atomic E-state index is 12.9. The molecule has 0 saturated carbocycles. The summed E-state index contributed by atoms with van der Waals surface area (Å²) in [5.41, 5.74) is 1.19. The van der Waals surface area contributed by atoms with E-state index >= 15 is 0 Å². The molecule has 9 heteroatoms. The third-order valence-electron chi connectivity index (χ3n) is 3.24. The van der Waals surface area contributed by atoms with Gasteiger partial charge in [0.15, 0.2) is 0 Å². The second-order valence-electron chi connectivity index (χ2n) is 4.96. The third-order valence-corrected chi connectivity index (χ3v) is 3.24. The molecular weight excluding hydrogens is 323 g/mol. The summed E-state index contributed by atoms with van der Waals surface area (Å²) in [5.74, 6) is -0.820. The minimum absolute atomic E-state index is 0.0802. The number of halogens is 3. The SMILES string of the molecule is C[C@@H](Nc1ncc(-c2nnc(C(F)F)o2)cn1)c1ccc(F)cc1. The number of nitrogens with zero attached hydrogens (tertiary/aromatic N) is 4. The van der Waals surface area contributed by atoms with Gasteiger partial charge < -0.3 is 9.73 Å². The molecule has 6 nitrogen and oxygen atoms in total. The lowest BCUT2D eigenvalue weighted by atomic mass is 10.1. The van der Waals surface area contributed by atoms with Crippen LogP contribution in [-0.4, -0.2) is 20.2 Å². The van der Waals surface area contributed by atoms with Gasteiger partial charge in [-0.1, -0.05) is 12.1 Å². The molecule has 0 aliphatic rings. The van der Waals surface area contributed by atoms with Crippen molar-refractivity contribution in [2.75, 3.05) is 5.32 Å². The van der Waals surface area contributed by atoms with Crippen LogP contribution in [0.3, 0.4) is 0 Å². The second-order valence-corrected chi connectivity index (χ2v) is 4.96. The maximum atomic E-state index is 12.9. The van der Waals surface area contributed by atoms with Crippen molar-refractivity contribution in [1.29, 1.82) is 0 Å². The van der Waals surface area contributed by atoms with E-state index in [4.69, 9.17) is 4.42 Å². The first-order valence-corrected chi connectivity index (χ1v) is 6.99. The number of rotatable bonds is 5. The van der Waals surface area contributed by atoms with Crippen molar-refractivity contribution in [2.24, 2.45) is 0 Å². The predicted octanol–water partition coefficient (Wildman–Crippen LogP) is 3.78. The van der Waals surface area contributed by atoms with Crippen molar-refractivity contribution in [1.82, 2.24) is 20.2 Å². The summed E-state index contributed by atoms with van der Waals surface area (Å²) in [6.45, 7) is 1.87. The zero-order valence-corrected chi connectivity index (χ0v) is 12.4. The van der Waals surface area contributed by atoms with Gasteiger partial charge in [-0.15, -0.1) is 10.2 Å². The van der Waals surface area contributed by atoms with Gasteiger partial charge in [0.1, 0.15) is 5.82 Å².